The summed E-state index contributed by atoms with van der Waals surface area (Å²) in [6, 6.07) is 14.9. The summed E-state index contributed by atoms with van der Waals surface area (Å²) in [4.78, 5) is 11.5. The predicted octanol–water partition coefficient (Wildman–Crippen LogP) is 3.35. The number of hydrogen-bond acceptors (Lipinski definition) is 5. The van der Waals surface area contributed by atoms with Crippen molar-refractivity contribution in [3.05, 3.63) is 59.7 Å². The third-order valence-electron chi connectivity index (χ3n) is 5.20. The first kappa shape index (κ1) is 19.5. The normalized spacial score (nSPS) is 17.6. The number of carbonyl (C=O) groups excluding carboxylic acids is 1. The summed E-state index contributed by atoms with van der Waals surface area (Å²) in [5.74, 6) is 0.363. The molecule has 1 aliphatic rings. The third-order valence-corrected chi connectivity index (χ3v) is 5.20. The number of benzene rings is 2. The van der Waals surface area contributed by atoms with E-state index in [9.17, 15) is 4.79 Å². The molecule has 0 radical (unpaired) electrons. The fourth-order valence-corrected chi connectivity index (χ4v) is 2.79. The molecule has 0 unspecified atom stereocenters. The molecule has 3 rings (SSSR count). The van der Waals surface area contributed by atoms with Crippen LogP contribution >= 0.6 is 0 Å². The first-order chi connectivity index (χ1) is 12.7. The highest BCUT2D eigenvalue weighted by Crippen LogP contribution is 2.37. The van der Waals surface area contributed by atoms with E-state index >= 15 is 0 Å². The van der Waals surface area contributed by atoms with E-state index < -0.39 is 18.3 Å². The van der Waals surface area contributed by atoms with Gasteiger partial charge in [-0.15, -0.1) is 0 Å². The lowest BCUT2D eigenvalue weighted by molar-refractivity contribution is 0.00578. The van der Waals surface area contributed by atoms with E-state index in [-0.39, 0.29) is 5.97 Å². The van der Waals surface area contributed by atoms with Crippen LogP contribution in [0.25, 0.3) is 0 Å². The average molecular weight is 368 g/mol. The Morgan fingerprint density at radius 2 is 1.56 bits per heavy atom. The molecule has 27 heavy (non-hydrogen) atoms. The molecule has 142 valence electrons. The van der Waals surface area contributed by atoms with Crippen LogP contribution < -0.4 is 10.2 Å². The number of methoxy groups -OCH3 is 1. The Morgan fingerprint density at radius 1 is 0.963 bits per heavy atom. The van der Waals surface area contributed by atoms with Gasteiger partial charge in [0.05, 0.1) is 23.9 Å². The summed E-state index contributed by atoms with van der Waals surface area (Å²) >= 11 is 0. The van der Waals surface area contributed by atoms with E-state index in [4.69, 9.17) is 18.8 Å². The molecule has 5 nitrogen and oxygen atoms in total. The second-order valence-corrected chi connectivity index (χ2v) is 7.60. The molecular weight excluding hydrogens is 343 g/mol. The summed E-state index contributed by atoms with van der Waals surface area (Å²) in [5.41, 5.74) is 1.51. The first-order valence-electron chi connectivity index (χ1n) is 8.98. The van der Waals surface area contributed by atoms with Gasteiger partial charge in [-0.1, -0.05) is 30.3 Å². The number of ether oxygens (including phenoxy) is 2. The highest BCUT2D eigenvalue weighted by molar-refractivity contribution is 6.63. The van der Waals surface area contributed by atoms with Crippen LogP contribution in [0.2, 0.25) is 0 Å². The second kappa shape index (κ2) is 7.37. The van der Waals surface area contributed by atoms with Crippen molar-refractivity contribution >= 4 is 18.6 Å². The van der Waals surface area contributed by atoms with Crippen molar-refractivity contribution in [3.63, 3.8) is 0 Å². The van der Waals surface area contributed by atoms with Gasteiger partial charge in [-0.25, -0.2) is 4.79 Å². The third kappa shape index (κ3) is 4.02. The van der Waals surface area contributed by atoms with E-state index in [1.54, 1.807) is 12.1 Å². The van der Waals surface area contributed by atoms with Gasteiger partial charge in [0.2, 0.25) is 0 Å². The zero-order chi connectivity index (χ0) is 19.7. The molecule has 6 heteroatoms. The number of para-hydroxylation sites is 1. The lowest BCUT2D eigenvalue weighted by Gasteiger charge is -2.32. The molecule has 1 aliphatic heterocycles. The topological polar surface area (TPSA) is 54.0 Å². The summed E-state index contributed by atoms with van der Waals surface area (Å²) in [5, 5.41) is 0. The molecule has 0 aliphatic carbocycles. The molecular formula is C21H25BO5. The average Bonchev–Trinajstić information content (AvgIpc) is 2.87. The van der Waals surface area contributed by atoms with E-state index in [1.807, 2.05) is 64.1 Å². The van der Waals surface area contributed by atoms with Gasteiger partial charge in [0.25, 0.3) is 0 Å². The van der Waals surface area contributed by atoms with E-state index in [0.717, 1.165) is 11.0 Å². The lowest BCUT2D eigenvalue weighted by Crippen LogP contribution is -2.41. The van der Waals surface area contributed by atoms with Crippen molar-refractivity contribution in [3.8, 4) is 5.75 Å². The quantitative estimate of drug-likeness (QED) is 0.599. The molecule has 2 aromatic rings. The minimum absolute atomic E-state index is 0.353. The van der Waals surface area contributed by atoms with Crippen LogP contribution in [0.5, 0.6) is 5.75 Å². The fourth-order valence-electron chi connectivity index (χ4n) is 2.79. The monoisotopic (exact) mass is 368 g/mol. The van der Waals surface area contributed by atoms with Gasteiger partial charge in [0.1, 0.15) is 12.4 Å². The van der Waals surface area contributed by atoms with E-state index in [2.05, 4.69) is 0 Å². The Labute approximate surface area is 160 Å². The molecule has 0 bridgehead atoms. The number of rotatable bonds is 5. The van der Waals surface area contributed by atoms with E-state index in [1.165, 1.54) is 7.11 Å². The van der Waals surface area contributed by atoms with Crippen LogP contribution in [0.1, 0.15) is 43.6 Å². The maximum atomic E-state index is 11.5. The summed E-state index contributed by atoms with van der Waals surface area (Å²) in [6.45, 7) is 8.48. The van der Waals surface area contributed by atoms with Crippen molar-refractivity contribution in [2.45, 2.75) is 45.5 Å². The summed E-state index contributed by atoms with van der Waals surface area (Å²) < 4.78 is 23.0. The van der Waals surface area contributed by atoms with Crippen LogP contribution in [0.3, 0.4) is 0 Å². The second-order valence-electron chi connectivity index (χ2n) is 7.60. The van der Waals surface area contributed by atoms with Crippen LogP contribution in [-0.2, 0) is 20.7 Å². The Morgan fingerprint density at radius 3 is 2.15 bits per heavy atom. The first-order valence-corrected chi connectivity index (χ1v) is 8.98. The van der Waals surface area contributed by atoms with Gasteiger partial charge in [-0.05, 0) is 51.5 Å². The standard InChI is InChI=1S/C21H25BO5/c1-20(2)21(3,4)27-22(26-20)17-8-6-7-9-18(17)25-14-15-10-12-16(13-11-15)19(23)24-5/h6-13H,14H2,1-5H3. The molecule has 1 heterocycles. The van der Waals surface area contributed by atoms with Crippen LogP contribution in [0.15, 0.2) is 48.5 Å². The van der Waals surface area contributed by atoms with Crippen LogP contribution in [-0.4, -0.2) is 31.4 Å². The molecule has 0 amide bonds. The maximum absolute atomic E-state index is 11.5. The van der Waals surface area contributed by atoms with Gasteiger partial charge >= 0.3 is 13.1 Å². The van der Waals surface area contributed by atoms with Crippen molar-refractivity contribution < 1.29 is 23.6 Å². The molecule has 0 N–H and O–H groups in total. The van der Waals surface area contributed by atoms with Crippen molar-refractivity contribution in [2.75, 3.05) is 7.11 Å². The van der Waals surface area contributed by atoms with Gasteiger partial charge in [-0.3, -0.25) is 0 Å². The lowest BCUT2D eigenvalue weighted by atomic mass is 9.78. The Balaban J connectivity index is 1.73. The predicted molar refractivity (Wildman–Crippen MR) is 104 cm³/mol. The fraction of sp³-hybridized carbons (Fsp3) is 0.381. The Hall–Kier alpha value is -2.31. The minimum Gasteiger partial charge on any atom is -0.489 e. The van der Waals surface area contributed by atoms with Crippen molar-refractivity contribution in [1.29, 1.82) is 0 Å². The Kier molecular flexibility index (Phi) is 5.31. The molecule has 0 spiro atoms. The summed E-state index contributed by atoms with van der Waals surface area (Å²) in [7, 11) is 0.888. The summed E-state index contributed by atoms with van der Waals surface area (Å²) in [6.07, 6.45) is 0. The van der Waals surface area contributed by atoms with Gasteiger partial charge in [0, 0.05) is 5.46 Å². The highest BCUT2D eigenvalue weighted by atomic mass is 16.7. The smallest absolute Gasteiger partial charge is 0.489 e. The maximum Gasteiger partial charge on any atom is 0.498 e. The van der Waals surface area contributed by atoms with Gasteiger partial charge in [-0.2, -0.15) is 0 Å². The number of esters is 1. The van der Waals surface area contributed by atoms with Crippen LogP contribution in [0.4, 0.5) is 0 Å². The minimum atomic E-state index is -0.479. The van der Waals surface area contributed by atoms with Gasteiger partial charge < -0.3 is 18.8 Å². The molecule has 1 saturated heterocycles. The number of hydrogen-bond donors (Lipinski definition) is 0. The SMILES string of the molecule is COC(=O)c1ccc(COc2ccccc2B2OC(C)(C)C(C)(C)O2)cc1. The molecule has 0 atom stereocenters. The molecule has 1 fully saturated rings. The molecule has 2 aromatic carbocycles. The zero-order valence-corrected chi connectivity index (χ0v) is 16.4. The largest absolute Gasteiger partial charge is 0.498 e. The van der Waals surface area contributed by atoms with Crippen molar-refractivity contribution in [1.82, 2.24) is 0 Å². The zero-order valence-electron chi connectivity index (χ0n) is 16.4. The highest BCUT2D eigenvalue weighted by Gasteiger charge is 2.52. The number of carbonyl (C=O) groups is 1. The molecule has 0 saturated carbocycles. The molecule has 0 aromatic heterocycles. The van der Waals surface area contributed by atoms with Crippen LogP contribution in [0, 0.1) is 0 Å². The Bertz CT molecular complexity index is 798. The van der Waals surface area contributed by atoms with E-state index in [0.29, 0.717) is 17.9 Å². The van der Waals surface area contributed by atoms with Crippen molar-refractivity contribution in [2.24, 2.45) is 0 Å². The van der Waals surface area contributed by atoms with Gasteiger partial charge in [0.15, 0.2) is 0 Å².